The second kappa shape index (κ2) is 14.4. The summed E-state index contributed by atoms with van der Waals surface area (Å²) in [5.74, 6) is 0. The van der Waals surface area contributed by atoms with Crippen LogP contribution in [0.1, 0.15) is 0 Å². The minimum absolute atomic E-state index is 0.644. The summed E-state index contributed by atoms with van der Waals surface area (Å²) in [5, 5.41) is 4.56. The Bertz CT molecular complexity index is 3080. The summed E-state index contributed by atoms with van der Waals surface area (Å²) in [6.45, 7) is 7.27. The Labute approximate surface area is 331 Å². The topological polar surface area (TPSA) is 33.4 Å². The van der Waals surface area contributed by atoms with Crippen LogP contribution >= 0.6 is 0 Å². The van der Waals surface area contributed by atoms with Gasteiger partial charge in [0, 0.05) is 33.6 Å². The van der Waals surface area contributed by atoms with Gasteiger partial charge in [0.05, 0.1) is 29.0 Å². The molecule has 0 saturated heterocycles. The second-order valence-electron chi connectivity index (χ2n) is 14.1. The van der Waals surface area contributed by atoms with E-state index in [0.29, 0.717) is 5.69 Å². The molecule has 0 aliphatic carbocycles. The molecule has 0 aliphatic rings. The van der Waals surface area contributed by atoms with Crippen LogP contribution in [0.3, 0.4) is 0 Å². The minimum atomic E-state index is 0.644. The smallest absolute Gasteiger partial charge is 0.187 e. The van der Waals surface area contributed by atoms with E-state index in [9.17, 15) is 0 Å². The molecule has 4 heteroatoms. The van der Waals surface area contributed by atoms with E-state index in [-0.39, 0.29) is 0 Å². The summed E-state index contributed by atoms with van der Waals surface area (Å²) < 4.78 is 0. The third-order valence-electron chi connectivity index (χ3n) is 10.7. The van der Waals surface area contributed by atoms with E-state index in [1.165, 1.54) is 0 Å². The molecule has 1 aromatic heterocycles. The Morgan fingerprint density at radius 3 is 1.46 bits per heavy atom. The highest BCUT2D eigenvalue weighted by Gasteiger charge is 2.17. The summed E-state index contributed by atoms with van der Waals surface area (Å²) in [4.78, 5) is 16.5. The average molecular weight is 727 g/mol. The summed E-state index contributed by atoms with van der Waals surface area (Å²) >= 11 is 0. The number of nitrogens with zero attached hydrogens (tertiary/aromatic N) is 4. The van der Waals surface area contributed by atoms with Crippen molar-refractivity contribution in [1.29, 1.82) is 0 Å². The fraction of sp³-hybridized carbons (Fsp3) is 0. The third kappa shape index (κ3) is 6.34. The number of hydrogen-bond acceptors (Lipinski definition) is 3. The number of rotatable bonds is 7. The van der Waals surface area contributed by atoms with Crippen molar-refractivity contribution in [1.82, 2.24) is 9.97 Å². The monoisotopic (exact) mass is 726 g/mol. The SMILES string of the molecule is [C-]#[N+]c1ccc(-c2ccc(N(c3ccccc3)c3ccc(-c4ccc5c(ccc6ccc7nc(-c8ccccc8)c(-c8ccccc8)nc7c65)c4)cc3)cc2)cc1. The molecule has 0 amide bonds. The fourth-order valence-corrected chi connectivity index (χ4v) is 7.80. The van der Waals surface area contributed by atoms with Crippen molar-refractivity contribution in [3.8, 4) is 44.8 Å². The predicted molar refractivity (Wildman–Crippen MR) is 237 cm³/mol. The lowest BCUT2D eigenvalue weighted by Crippen LogP contribution is -2.09. The van der Waals surface area contributed by atoms with E-state index in [0.717, 1.165) is 94.4 Å². The van der Waals surface area contributed by atoms with Crippen molar-refractivity contribution in [3.05, 3.63) is 218 Å². The van der Waals surface area contributed by atoms with Gasteiger partial charge in [-0.25, -0.2) is 14.8 Å². The van der Waals surface area contributed by atoms with Gasteiger partial charge in [0.15, 0.2) is 5.69 Å². The largest absolute Gasteiger partial charge is 0.311 e. The number of benzene rings is 9. The van der Waals surface area contributed by atoms with Gasteiger partial charge >= 0.3 is 0 Å². The Morgan fingerprint density at radius 1 is 0.386 bits per heavy atom. The van der Waals surface area contributed by atoms with E-state index >= 15 is 0 Å². The maximum Gasteiger partial charge on any atom is 0.187 e. The van der Waals surface area contributed by atoms with E-state index < -0.39 is 0 Å². The lowest BCUT2D eigenvalue weighted by atomic mass is 9.96. The summed E-state index contributed by atoms with van der Waals surface area (Å²) in [7, 11) is 0. The van der Waals surface area contributed by atoms with Crippen LogP contribution in [0.2, 0.25) is 0 Å². The van der Waals surface area contributed by atoms with Gasteiger partial charge in [0.1, 0.15) is 0 Å². The van der Waals surface area contributed by atoms with Crippen LogP contribution in [0, 0.1) is 6.57 Å². The molecule has 0 fully saturated rings. The van der Waals surface area contributed by atoms with Gasteiger partial charge < -0.3 is 4.90 Å². The lowest BCUT2D eigenvalue weighted by molar-refractivity contribution is 1.28. The Hall–Kier alpha value is -7.87. The highest BCUT2D eigenvalue weighted by molar-refractivity contribution is 6.19. The average Bonchev–Trinajstić information content (AvgIpc) is 3.29. The van der Waals surface area contributed by atoms with Crippen LogP contribution in [0.25, 0.3) is 82.2 Å². The lowest BCUT2D eigenvalue weighted by Gasteiger charge is -2.26. The van der Waals surface area contributed by atoms with Crippen molar-refractivity contribution in [2.45, 2.75) is 0 Å². The molecule has 0 unspecified atom stereocenters. The molecule has 10 aromatic rings. The third-order valence-corrected chi connectivity index (χ3v) is 10.7. The minimum Gasteiger partial charge on any atom is -0.311 e. The first-order valence-corrected chi connectivity index (χ1v) is 19.0. The first kappa shape index (κ1) is 33.7. The summed E-state index contributed by atoms with van der Waals surface area (Å²) in [5.41, 5.74) is 14.0. The second-order valence-corrected chi connectivity index (χ2v) is 14.1. The van der Waals surface area contributed by atoms with E-state index in [2.05, 4.69) is 161 Å². The van der Waals surface area contributed by atoms with Crippen LogP contribution < -0.4 is 4.90 Å². The molecule has 57 heavy (non-hydrogen) atoms. The molecule has 0 aliphatic heterocycles. The van der Waals surface area contributed by atoms with Crippen LogP contribution in [0.4, 0.5) is 22.7 Å². The van der Waals surface area contributed by atoms with Crippen molar-refractivity contribution in [2.24, 2.45) is 0 Å². The first-order valence-electron chi connectivity index (χ1n) is 19.0. The molecular formula is C53H34N4. The van der Waals surface area contributed by atoms with Crippen LogP contribution in [-0.4, -0.2) is 9.97 Å². The van der Waals surface area contributed by atoms with Gasteiger partial charge in [-0.15, -0.1) is 0 Å². The molecule has 266 valence electrons. The standard InChI is InChI=1S/C53H34N4/c1-54-44-27-19-36(20-28-44)37-21-29-46(30-22-37)57(45-15-9-4-10-16-45)47-31-23-38(24-32-47)42-25-33-48-43(35-42)18-17-39-26-34-49-53(50(39)48)56-52(41-13-7-3-8-14-41)51(55-49)40-11-5-2-6-12-40/h2-35H. The zero-order valence-corrected chi connectivity index (χ0v) is 30.9. The maximum atomic E-state index is 7.27. The normalized spacial score (nSPS) is 11.1. The number of aromatic nitrogens is 2. The van der Waals surface area contributed by atoms with Gasteiger partial charge in [-0.1, -0.05) is 158 Å². The molecule has 0 N–H and O–H groups in total. The first-order chi connectivity index (χ1) is 28.2. The Balaban J connectivity index is 1.03. The van der Waals surface area contributed by atoms with Gasteiger partial charge in [-0.05, 0) is 86.9 Å². The zero-order chi connectivity index (χ0) is 38.1. The van der Waals surface area contributed by atoms with Crippen molar-refractivity contribution < 1.29 is 0 Å². The van der Waals surface area contributed by atoms with Gasteiger partial charge in [-0.2, -0.15) is 0 Å². The molecule has 0 spiro atoms. The fourth-order valence-electron chi connectivity index (χ4n) is 7.80. The van der Waals surface area contributed by atoms with E-state index in [4.69, 9.17) is 16.5 Å². The number of fused-ring (bicyclic) bond motifs is 5. The van der Waals surface area contributed by atoms with Gasteiger partial charge in [0.25, 0.3) is 0 Å². The molecule has 0 radical (unpaired) electrons. The molecule has 10 rings (SSSR count). The number of hydrogen-bond donors (Lipinski definition) is 0. The highest BCUT2D eigenvalue weighted by Crippen LogP contribution is 2.39. The quantitative estimate of drug-likeness (QED) is 0.121. The summed E-state index contributed by atoms with van der Waals surface area (Å²) in [6, 6.07) is 71.7. The van der Waals surface area contributed by atoms with Crippen molar-refractivity contribution in [2.75, 3.05) is 4.90 Å². The van der Waals surface area contributed by atoms with Crippen molar-refractivity contribution in [3.63, 3.8) is 0 Å². The van der Waals surface area contributed by atoms with Crippen LogP contribution in [0.5, 0.6) is 0 Å². The molecule has 0 bridgehead atoms. The molecule has 0 saturated carbocycles. The number of para-hydroxylation sites is 1. The van der Waals surface area contributed by atoms with E-state index in [1.54, 1.807) is 0 Å². The van der Waals surface area contributed by atoms with Crippen LogP contribution in [0.15, 0.2) is 206 Å². The van der Waals surface area contributed by atoms with E-state index in [1.807, 2.05) is 54.6 Å². The van der Waals surface area contributed by atoms with Gasteiger partial charge in [0.2, 0.25) is 0 Å². The Morgan fingerprint density at radius 2 is 0.860 bits per heavy atom. The molecular weight excluding hydrogens is 693 g/mol. The molecule has 4 nitrogen and oxygen atoms in total. The molecule has 0 atom stereocenters. The molecule has 1 heterocycles. The Kier molecular flexibility index (Phi) is 8.52. The maximum absolute atomic E-state index is 7.27. The molecule has 9 aromatic carbocycles. The highest BCUT2D eigenvalue weighted by atomic mass is 15.1. The summed E-state index contributed by atoms with van der Waals surface area (Å²) in [6.07, 6.45) is 0. The van der Waals surface area contributed by atoms with Crippen LogP contribution in [-0.2, 0) is 0 Å². The van der Waals surface area contributed by atoms with Gasteiger partial charge in [-0.3, -0.25) is 0 Å². The number of anilines is 3. The zero-order valence-electron chi connectivity index (χ0n) is 30.9. The predicted octanol–water partition coefficient (Wildman–Crippen LogP) is 14.6. The van der Waals surface area contributed by atoms with Crippen molar-refractivity contribution >= 4 is 55.3 Å².